The molecule has 1 N–H and O–H groups in total. The van der Waals surface area contributed by atoms with Crippen LogP contribution in [0.3, 0.4) is 0 Å². The van der Waals surface area contributed by atoms with Crippen molar-refractivity contribution in [2.24, 2.45) is 0 Å². The first-order valence-corrected chi connectivity index (χ1v) is 7.20. The molecule has 20 heavy (non-hydrogen) atoms. The zero-order chi connectivity index (χ0) is 14.7. The van der Waals surface area contributed by atoms with Gasteiger partial charge >= 0.3 is 0 Å². The van der Waals surface area contributed by atoms with Crippen molar-refractivity contribution in [1.82, 2.24) is 14.9 Å². The van der Waals surface area contributed by atoms with Crippen LogP contribution in [0.15, 0.2) is 30.6 Å². The first-order valence-electron chi connectivity index (χ1n) is 6.79. The van der Waals surface area contributed by atoms with Crippen LogP contribution in [0.25, 0.3) is 11.0 Å². The smallest absolute Gasteiger partial charge is 0.173 e. The fraction of sp³-hybridized carbons (Fsp3) is 0.400. The Bertz CT molecular complexity index is 602. The molecule has 1 aromatic carbocycles. The Hall–Kier alpha value is -1.75. The third-order valence-corrected chi connectivity index (χ3v) is 3.38. The molecule has 106 valence electrons. The lowest BCUT2D eigenvalue weighted by Crippen LogP contribution is -2.44. The zero-order valence-corrected chi connectivity index (χ0v) is 13.1. The molecule has 4 nitrogen and oxygen atoms in total. The van der Waals surface area contributed by atoms with E-state index in [1.54, 1.807) is 12.4 Å². The van der Waals surface area contributed by atoms with Crippen molar-refractivity contribution in [1.29, 1.82) is 0 Å². The fourth-order valence-corrected chi connectivity index (χ4v) is 2.83. The van der Waals surface area contributed by atoms with Gasteiger partial charge in [-0.3, -0.25) is 9.97 Å². The Kier molecular flexibility index (Phi) is 4.49. The summed E-state index contributed by atoms with van der Waals surface area (Å²) in [5.74, 6) is 0. The van der Waals surface area contributed by atoms with Crippen LogP contribution in [0.4, 0.5) is 5.69 Å². The standard InChI is InChI=1S/C15H20N4S/c1-10(2)19(11(3)4)15(20)18-12-5-6-13-14(9-12)17-8-7-16-13/h5-11H,1-4H3,(H,18,20). The SMILES string of the molecule is CC(C)N(C(=S)Nc1ccc2nccnc2c1)C(C)C. The van der Waals surface area contributed by atoms with Crippen molar-refractivity contribution < 1.29 is 0 Å². The summed E-state index contributed by atoms with van der Waals surface area (Å²) in [5, 5.41) is 4.02. The summed E-state index contributed by atoms with van der Waals surface area (Å²) >= 11 is 5.51. The van der Waals surface area contributed by atoms with Crippen molar-refractivity contribution in [2.75, 3.05) is 5.32 Å². The molecule has 1 aromatic heterocycles. The molecule has 1 heterocycles. The van der Waals surface area contributed by atoms with Gasteiger partial charge in [-0.15, -0.1) is 0 Å². The monoisotopic (exact) mass is 288 g/mol. The van der Waals surface area contributed by atoms with Gasteiger partial charge in [-0.2, -0.15) is 0 Å². The predicted octanol–water partition coefficient (Wildman–Crippen LogP) is 3.45. The maximum atomic E-state index is 5.51. The molecule has 0 aliphatic carbocycles. The minimum absolute atomic E-state index is 0.357. The third kappa shape index (κ3) is 3.22. The predicted molar refractivity (Wildman–Crippen MR) is 87.9 cm³/mol. The van der Waals surface area contributed by atoms with Gasteiger partial charge in [0.25, 0.3) is 0 Å². The molecule has 0 fully saturated rings. The number of hydrogen-bond acceptors (Lipinski definition) is 3. The fourth-order valence-electron chi connectivity index (χ4n) is 2.29. The molecule has 0 unspecified atom stereocenters. The lowest BCUT2D eigenvalue weighted by Gasteiger charge is -2.33. The maximum absolute atomic E-state index is 5.51. The van der Waals surface area contributed by atoms with Gasteiger partial charge in [0.1, 0.15) is 0 Å². The van der Waals surface area contributed by atoms with Crippen LogP contribution in [0, 0.1) is 0 Å². The number of fused-ring (bicyclic) bond motifs is 1. The van der Waals surface area contributed by atoms with E-state index in [1.807, 2.05) is 18.2 Å². The highest BCUT2D eigenvalue weighted by atomic mass is 32.1. The number of hydrogen-bond donors (Lipinski definition) is 1. The molecule has 0 amide bonds. The van der Waals surface area contributed by atoms with Crippen LogP contribution >= 0.6 is 12.2 Å². The van der Waals surface area contributed by atoms with Gasteiger partial charge in [0.2, 0.25) is 0 Å². The number of nitrogens with one attached hydrogen (secondary N) is 1. The van der Waals surface area contributed by atoms with Gasteiger partial charge < -0.3 is 10.2 Å². The molecule has 2 rings (SSSR count). The number of thiocarbonyl (C=S) groups is 1. The van der Waals surface area contributed by atoms with Crippen LogP contribution in [-0.4, -0.2) is 32.1 Å². The number of benzene rings is 1. The minimum Gasteiger partial charge on any atom is -0.344 e. The summed E-state index contributed by atoms with van der Waals surface area (Å²) in [5.41, 5.74) is 2.68. The molecule has 0 saturated heterocycles. The number of rotatable bonds is 3. The number of anilines is 1. The molecule has 0 bridgehead atoms. The highest BCUT2D eigenvalue weighted by Crippen LogP contribution is 2.16. The largest absolute Gasteiger partial charge is 0.344 e. The number of aromatic nitrogens is 2. The summed E-state index contributed by atoms with van der Waals surface area (Å²) in [6.45, 7) is 8.55. The Morgan fingerprint density at radius 1 is 1.05 bits per heavy atom. The molecule has 0 radical (unpaired) electrons. The van der Waals surface area contributed by atoms with Crippen molar-refractivity contribution in [3.05, 3.63) is 30.6 Å². The molecule has 0 spiro atoms. The molecular weight excluding hydrogens is 268 g/mol. The van der Waals surface area contributed by atoms with Gasteiger partial charge in [0, 0.05) is 30.2 Å². The molecule has 0 atom stereocenters. The minimum atomic E-state index is 0.357. The van der Waals surface area contributed by atoms with E-state index < -0.39 is 0 Å². The van der Waals surface area contributed by atoms with Gasteiger partial charge in [-0.25, -0.2) is 0 Å². The van der Waals surface area contributed by atoms with E-state index in [2.05, 4.69) is 47.9 Å². The normalized spacial score (nSPS) is 11.1. The highest BCUT2D eigenvalue weighted by molar-refractivity contribution is 7.80. The topological polar surface area (TPSA) is 41.0 Å². The molecule has 0 aliphatic heterocycles. The van der Waals surface area contributed by atoms with Crippen molar-refractivity contribution >= 4 is 34.1 Å². The van der Waals surface area contributed by atoms with Crippen LogP contribution in [-0.2, 0) is 0 Å². The Morgan fingerprint density at radius 3 is 2.25 bits per heavy atom. The number of nitrogens with zero attached hydrogens (tertiary/aromatic N) is 3. The molecular formula is C15H20N4S. The van der Waals surface area contributed by atoms with Crippen molar-refractivity contribution in [3.63, 3.8) is 0 Å². The Labute approximate surface area is 125 Å². The molecule has 0 aliphatic rings. The first-order chi connectivity index (χ1) is 9.49. The lowest BCUT2D eigenvalue weighted by atomic mass is 10.2. The lowest BCUT2D eigenvalue weighted by molar-refractivity contribution is 0.296. The second-order valence-electron chi connectivity index (χ2n) is 5.28. The van der Waals surface area contributed by atoms with E-state index in [0.717, 1.165) is 21.8 Å². The van der Waals surface area contributed by atoms with E-state index >= 15 is 0 Å². The van der Waals surface area contributed by atoms with Gasteiger partial charge in [0.15, 0.2) is 5.11 Å². The molecule has 2 aromatic rings. The molecule has 5 heteroatoms. The van der Waals surface area contributed by atoms with E-state index in [1.165, 1.54) is 0 Å². The zero-order valence-electron chi connectivity index (χ0n) is 12.3. The van der Waals surface area contributed by atoms with Gasteiger partial charge in [-0.1, -0.05) is 0 Å². The second kappa shape index (κ2) is 6.13. The van der Waals surface area contributed by atoms with Crippen LogP contribution in [0.2, 0.25) is 0 Å². The summed E-state index contributed by atoms with van der Waals surface area (Å²) in [6, 6.07) is 6.60. The summed E-state index contributed by atoms with van der Waals surface area (Å²) in [7, 11) is 0. The summed E-state index contributed by atoms with van der Waals surface area (Å²) < 4.78 is 0. The van der Waals surface area contributed by atoms with Crippen molar-refractivity contribution in [2.45, 2.75) is 39.8 Å². The summed E-state index contributed by atoms with van der Waals surface area (Å²) in [6.07, 6.45) is 3.39. The average molecular weight is 288 g/mol. The van der Waals surface area contributed by atoms with Crippen LogP contribution in [0.5, 0.6) is 0 Å². The van der Waals surface area contributed by atoms with Gasteiger partial charge in [-0.05, 0) is 58.1 Å². The Morgan fingerprint density at radius 2 is 1.65 bits per heavy atom. The highest BCUT2D eigenvalue weighted by Gasteiger charge is 2.16. The Balaban J connectivity index is 2.20. The first kappa shape index (κ1) is 14.7. The quantitative estimate of drug-likeness (QED) is 0.876. The van der Waals surface area contributed by atoms with Gasteiger partial charge in [0.05, 0.1) is 11.0 Å². The van der Waals surface area contributed by atoms with E-state index in [-0.39, 0.29) is 0 Å². The second-order valence-corrected chi connectivity index (χ2v) is 5.67. The maximum Gasteiger partial charge on any atom is 0.173 e. The molecule has 0 saturated carbocycles. The third-order valence-electron chi connectivity index (χ3n) is 3.07. The van der Waals surface area contributed by atoms with E-state index in [0.29, 0.717) is 12.1 Å². The average Bonchev–Trinajstić information content (AvgIpc) is 2.37. The van der Waals surface area contributed by atoms with E-state index in [4.69, 9.17) is 12.2 Å². The van der Waals surface area contributed by atoms with E-state index in [9.17, 15) is 0 Å². The van der Waals surface area contributed by atoms with Crippen LogP contribution < -0.4 is 5.32 Å². The van der Waals surface area contributed by atoms with Crippen LogP contribution in [0.1, 0.15) is 27.7 Å². The summed E-state index contributed by atoms with van der Waals surface area (Å²) in [4.78, 5) is 10.7. The van der Waals surface area contributed by atoms with Crippen molar-refractivity contribution in [3.8, 4) is 0 Å².